The molecule has 0 atom stereocenters. The van der Waals surface area contributed by atoms with E-state index in [4.69, 9.17) is 10.5 Å². The van der Waals surface area contributed by atoms with E-state index < -0.39 is 0 Å². The molecule has 5 nitrogen and oxygen atoms in total. The zero-order valence-electron chi connectivity index (χ0n) is 12.5. The Morgan fingerprint density at radius 3 is 2.71 bits per heavy atom. The van der Waals surface area contributed by atoms with Gasteiger partial charge in [0.15, 0.2) is 11.5 Å². The standard InChI is InChI=1S/C16H24N2O3/c1-21-13-7-5-6-12(14(13)19)15(20)18-11-16(10-17)8-3-2-4-9-16/h5-7,19H,2-4,8-11,17H2,1H3,(H,18,20). The smallest absolute Gasteiger partial charge is 0.255 e. The lowest BCUT2D eigenvalue weighted by Gasteiger charge is -2.36. The summed E-state index contributed by atoms with van der Waals surface area (Å²) >= 11 is 0. The predicted molar refractivity (Wildman–Crippen MR) is 81.6 cm³/mol. The minimum absolute atomic E-state index is 0.00238. The predicted octanol–water partition coefficient (Wildman–Crippen LogP) is 2.04. The fourth-order valence-electron chi connectivity index (χ4n) is 2.99. The third-order valence-electron chi connectivity index (χ3n) is 4.43. The molecule has 1 aliphatic carbocycles. The van der Waals surface area contributed by atoms with Crippen LogP contribution < -0.4 is 15.8 Å². The Bertz CT molecular complexity index is 496. The molecule has 21 heavy (non-hydrogen) atoms. The molecule has 2 rings (SSSR count). The summed E-state index contributed by atoms with van der Waals surface area (Å²) in [5.74, 6) is -0.110. The first-order valence-corrected chi connectivity index (χ1v) is 7.46. The third kappa shape index (κ3) is 3.47. The zero-order valence-corrected chi connectivity index (χ0v) is 12.5. The molecule has 1 amide bonds. The van der Waals surface area contributed by atoms with Crippen molar-refractivity contribution in [3.8, 4) is 11.5 Å². The van der Waals surface area contributed by atoms with Crippen LogP contribution in [0, 0.1) is 5.41 Å². The minimum Gasteiger partial charge on any atom is -0.504 e. The second kappa shape index (κ2) is 6.80. The molecular weight excluding hydrogens is 268 g/mol. The van der Waals surface area contributed by atoms with Crippen molar-refractivity contribution in [2.45, 2.75) is 32.1 Å². The van der Waals surface area contributed by atoms with Crippen molar-refractivity contribution in [1.82, 2.24) is 5.32 Å². The lowest BCUT2D eigenvalue weighted by molar-refractivity contribution is 0.0910. The quantitative estimate of drug-likeness (QED) is 0.775. The van der Waals surface area contributed by atoms with Crippen LogP contribution in [-0.4, -0.2) is 31.2 Å². The Balaban J connectivity index is 2.04. The van der Waals surface area contributed by atoms with Crippen LogP contribution in [0.1, 0.15) is 42.5 Å². The Kier molecular flexibility index (Phi) is 5.07. The number of ether oxygens (including phenoxy) is 1. The first-order valence-electron chi connectivity index (χ1n) is 7.46. The number of benzene rings is 1. The number of phenolic OH excluding ortho intramolecular Hbond substituents is 1. The summed E-state index contributed by atoms with van der Waals surface area (Å²) < 4.78 is 5.02. The number of hydrogen-bond donors (Lipinski definition) is 3. The molecule has 1 aromatic rings. The number of para-hydroxylation sites is 1. The number of amides is 1. The lowest BCUT2D eigenvalue weighted by atomic mass is 9.74. The monoisotopic (exact) mass is 292 g/mol. The number of methoxy groups -OCH3 is 1. The highest BCUT2D eigenvalue weighted by Crippen LogP contribution is 2.35. The van der Waals surface area contributed by atoms with Crippen molar-refractivity contribution in [3.63, 3.8) is 0 Å². The van der Waals surface area contributed by atoms with E-state index in [0.717, 1.165) is 25.7 Å². The van der Waals surface area contributed by atoms with Crippen LogP contribution in [-0.2, 0) is 0 Å². The van der Waals surface area contributed by atoms with Gasteiger partial charge in [0, 0.05) is 6.54 Å². The van der Waals surface area contributed by atoms with Gasteiger partial charge in [-0.3, -0.25) is 4.79 Å². The first-order chi connectivity index (χ1) is 10.1. The van der Waals surface area contributed by atoms with E-state index >= 15 is 0 Å². The number of aromatic hydroxyl groups is 1. The molecule has 0 unspecified atom stereocenters. The van der Waals surface area contributed by atoms with Crippen molar-refractivity contribution in [3.05, 3.63) is 23.8 Å². The molecule has 1 saturated carbocycles. The van der Waals surface area contributed by atoms with Gasteiger partial charge in [-0.1, -0.05) is 25.3 Å². The molecule has 0 heterocycles. The number of phenols is 1. The maximum Gasteiger partial charge on any atom is 0.255 e. The fourth-order valence-corrected chi connectivity index (χ4v) is 2.99. The van der Waals surface area contributed by atoms with Gasteiger partial charge < -0.3 is 20.9 Å². The van der Waals surface area contributed by atoms with Gasteiger partial charge in [0.1, 0.15) is 0 Å². The van der Waals surface area contributed by atoms with Gasteiger partial charge in [0.25, 0.3) is 5.91 Å². The van der Waals surface area contributed by atoms with Crippen LogP contribution in [0.5, 0.6) is 11.5 Å². The Labute approximate surface area is 125 Å². The fraction of sp³-hybridized carbons (Fsp3) is 0.562. The number of hydrogen-bond acceptors (Lipinski definition) is 4. The van der Waals surface area contributed by atoms with Crippen LogP contribution in [0.2, 0.25) is 0 Å². The van der Waals surface area contributed by atoms with Gasteiger partial charge in [-0.25, -0.2) is 0 Å². The molecule has 1 aliphatic rings. The molecule has 1 fully saturated rings. The second-order valence-corrected chi connectivity index (χ2v) is 5.80. The van der Waals surface area contributed by atoms with Crippen LogP contribution in [0.25, 0.3) is 0 Å². The SMILES string of the molecule is COc1cccc(C(=O)NCC2(CN)CCCCC2)c1O. The van der Waals surface area contributed by atoms with Crippen LogP contribution >= 0.6 is 0 Å². The van der Waals surface area contributed by atoms with E-state index in [9.17, 15) is 9.90 Å². The van der Waals surface area contributed by atoms with E-state index in [1.165, 1.54) is 13.5 Å². The van der Waals surface area contributed by atoms with Crippen LogP contribution in [0.3, 0.4) is 0 Å². The van der Waals surface area contributed by atoms with Gasteiger partial charge >= 0.3 is 0 Å². The second-order valence-electron chi connectivity index (χ2n) is 5.80. The number of nitrogens with one attached hydrogen (secondary N) is 1. The van der Waals surface area contributed by atoms with E-state index in [1.54, 1.807) is 18.2 Å². The summed E-state index contributed by atoms with van der Waals surface area (Å²) in [6, 6.07) is 4.89. The number of rotatable bonds is 5. The van der Waals surface area contributed by atoms with Crippen LogP contribution in [0.15, 0.2) is 18.2 Å². The highest BCUT2D eigenvalue weighted by molar-refractivity contribution is 5.97. The summed E-state index contributed by atoms with van der Waals surface area (Å²) in [7, 11) is 1.46. The summed E-state index contributed by atoms with van der Waals surface area (Å²) in [6.45, 7) is 1.14. The van der Waals surface area contributed by atoms with E-state index in [0.29, 0.717) is 18.8 Å². The van der Waals surface area contributed by atoms with Gasteiger partial charge in [0.2, 0.25) is 0 Å². The summed E-state index contributed by atoms with van der Waals surface area (Å²) in [5.41, 5.74) is 6.15. The zero-order chi connectivity index (χ0) is 15.3. The first kappa shape index (κ1) is 15.6. The Morgan fingerprint density at radius 2 is 2.10 bits per heavy atom. The largest absolute Gasteiger partial charge is 0.504 e. The minimum atomic E-state index is -0.287. The highest BCUT2D eigenvalue weighted by atomic mass is 16.5. The summed E-state index contributed by atoms with van der Waals surface area (Å²) in [5, 5.41) is 12.9. The molecular formula is C16H24N2O3. The van der Waals surface area contributed by atoms with Crippen molar-refractivity contribution >= 4 is 5.91 Å². The van der Waals surface area contributed by atoms with Gasteiger partial charge in [0.05, 0.1) is 12.7 Å². The number of carbonyl (C=O) groups excluding carboxylic acids is 1. The molecule has 1 aromatic carbocycles. The molecule has 0 spiro atoms. The maximum absolute atomic E-state index is 12.3. The van der Waals surface area contributed by atoms with Crippen molar-refractivity contribution in [2.24, 2.45) is 11.1 Å². The van der Waals surface area contributed by atoms with Gasteiger partial charge in [-0.15, -0.1) is 0 Å². The van der Waals surface area contributed by atoms with Gasteiger partial charge in [-0.05, 0) is 36.9 Å². The topological polar surface area (TPSA) is 84.6 Å². The van der Waals surface area contributed by atoms with Gasteiger partial charge in [-0.2, -0.15) is 0 Å². The molecule has 0 radical (unpaired) electrons. The summed E-state index contributed by atoms with van der Waals surface area (Å²) in [6.07, 6.45) is 5.67. The Hall–Kier alpha value is -1.75. The molecule has 4 N–H and O–H groups in total. The van der Waals surface area contributed by atoms with E-state index in [2.05, 4.69) is 5.32 Å². The van der Waals surface area contributed by atoms with E-state index in [1.807, 2.05) is 0 Å². The van der Waals surface area contributed by atoms with Crippen molar-refractivity contribution in [1.29, 1.82) is 0 Å². The Morgan fingerprint density at radius 1 is 1.38 bits per heavy atom. The molecule has 0 aromatic heterocycles. The summed E-state index contributed by atoms with van der Waals surface area (Å²) in [4.78, 5) is 12.3. The number of nitrogens with two attached hydrogens (primary N) is 1. The molecule has 116 valence electrons. The molecule has 5 heteroatoms. The van der Waals surface area contributed by atoms with Crippen molar-refractivity contribution < 1.29 is 14.6 Å². The highest BCUT2D eigenvalue weighted by Gasteiger charge is 2.31. The normalized spacial score (nSPS) is 17.2. The lowest BCUT2D eigenvalue weighted by Crippen LogP contribution is -2.43. The van der Waals surface area contributed by atoms with Crippen LogP contribution in [0.4, 0.5) is 0 Å². The molecule has 0 bridgehead atoms. The average molecular weight is 292 g/mol. The number of carbonyl (C=O) groups is 1. The molecule has 0 saturated heterocycles. The van der Waals surface area contributed by atoms with E-state index in [-0.39, 0.29) is 22.6 Å². The third-order valence-corrected chi connectivity index (χ3v) is 4.43. The molecule has 0 aliphatic heterocycles. The maximum atomic E-state index is 12.3. The van der Waals surface area contributed by atoms with Crippen molar-refractivity contribution in [2.75, 3.05) is 20.2 Å². The average Bonchev–Trinajstić information content (AvgIpc) is 2.54.